The summed E-state index contributed by atoms with van der Waals surface area (Å²) in [5.41, 5.74) is 9.60. The fraction of sp³-hybridized carbons (Fsp3) is 0.632. The van der Waals surface area contributed by atoms with Gasteiger partial charge in [-0.1, -0.05) is 24.6 Å². The highest BCUT2D eigenvalue weighted by Gasteiger charge is 2.39. The second kappa shape index (κ2) is 6.91. The fourth-order valence-electron chi connectivity index (χ4n) is 4.52. The van der Waals surface area contributed by atoms with Crippen LogP contribution in [0.4, 0.5) is 5.69 Å². The van der Waals surface area contributed by atoms with Gasteiger partial charge in [-0.3, -0.25) is 4.79 Å². The van der Waals surface area contributed by atoms with E-state index < -0.39 is 0 Å². The molecule has 0 saturated heterocycles. The molecule has 3 rings (SSSR count). The number of aryl methyl sites for hydroxylation is 2. The lowest BCUT2D eigenvalue weighted by atomic mass is 9.67. The van der Waals surface area contributed by atoms with Gasteiger partial charge in [0, 0.05) is 17.8 Å². The van der Waals surface area contributed by atoms with Crippen LogP contribution in [0.15, 0.2) is 18.2 Å². The van der Waals surface area contributed by atoms with Crippen LogP contribution in [-0.4, -0.2) is 24.5 Å². The van der Waals surface area contributed by atoms with E-state index in [0.29, 0.717) is 30.5 Å². The number of hydrogen-bond acceptors (Lipinski definition) is 3. The molecule has 1 aromatic carbocycles. The Bertz CT molecular complexity index is 537. The Labute approximate surface area is 139 Å². The minimum atomic E-state index is 0.102. The molecule has 1 amide bonds. The first-order valence-electron chi connectivity index (χ1n) is 8.89. The van der Waals surface area contributed by atoms with Gasteiger partial charge in [-0.15, -0.1) is 0 Å². The molecule has 23 heavy (non-hydrogen) atoms. The van der Waals surface area contributed by atoms with Crippen LogP contribution in [0, 0.1) is 25.7 Å². The van der Waals surface area contributed by atoms with E-state index in [1.165, 1.54) is 30.4 Å². The van der Waals surface area contributed by atoms with Crippen molar-refractivity contribution >= 4 is 11.6 Å². The van der Waals surface area contributed by atoms with E-state index in [1.54, 1.807) is 0 Å². The highest BCUT2D eigenvalue weighted by Crippen LogP contribution is 2.39. The third-order valence-electron chi connectivity index (χ3n) is 5.61. The van der Waals surface area contributed by atoms with Crippen molar-refractivity contribution in [3.63, 3.8) is 0 Å². The van der Waals surface area contributed by atoms with E-state index in [2.05, 4.69) is 36.6 Å². The minimum Gasteiger partial charge on any atom is -0.376 e. The van der Waals surface area contributed by atoms with Gasteiger partial charge in [0.2, 0.25) is 5.91 Å². The van der Waals surface area contributed by atoms with E-state index in [4.69, 9.17) is 5.73 Å². The number of amides is 1. The molecule has 0 spiro atoms. The smallest absolute Gasteiger partial charge is 0.239 e. The second-order valence-electron chi connectivity index (χ2n) is 7.40. The lowest BCUT2D eigenvalue weighted by Crippen LogP contribution is -2.54. The zero-order valence-corrected chi connectivity index (χ0v) is 14.3. The summed E-state index contributed by atoms with van der Waals surface area (Å²) in [4.78, 5) is 12.4. The molecule has 2 aliphatic rings. The van der Waals surface area contributed by atoms with Crippen LogP contribution in [0.3, 0.4) is 0 Å². The molecular formula is C19H29N3O. The summed E-state index contributed by atoms with van der Waals surface area (Å²) < 4.78 is 0. The predicted octanol–water partition coefficient (Wildman–Crippen LogP) is 2.74. The number of anilines is 1. The van der Waals surface area contributed by atoms with Crippen LogP contribution in [0.1, 0.15) is 43.2 Å². The van der Waals surface area contributed by atoms with Crippen molar-refractivity contribution in [2.24, 2.45) is 17.6 Å². The lowest BCUT2D eigenvalue weighted by molar-refractivity contribution is -0.121. The van der Waals surface area contributed by atoms with Crippen molar-refractivity contribution in [3.8, 4) is 0 Å². The molecule has 4 N–H and O–H groups in total. The minimum absolute atomic E-state index is 0.102. The van der Waals surface area contributed by atoms with Gasteiger partial charge >= 0.3 is 0 Å². The van der Waals surface area contributed by atoms with Gasteiger partial charge < -0.3 is 16.4 Å². The number of hydrogen-bond donors (Lipinski definition) is 3. The van der Waals surface area contributed by atoms with Crippen LogP contribution >= 0.6 is 0 Å². The molecule has 4 heteroatoms. The fourth-order valence-corrected chi connectivity index (χ4v) is 4.52. The zero-order chi connectivity index (χ0) is 16.4. The maximum atomic E-state index is 12.4. The molecule has 126 valence electrons. The first-order valence-corrected chi connectivity index (χ1v) is 8.89. The SMILES string of the molecule is Cc1cccc(C)c1NCC(=O)NC1C2CCCC1CC(N)C2. The van der Waals surface area contributed by atoms with Crippen molar-refractivity contribution in [2.45, 2.75) is 58.0 Å². The van der Waals surface area contributed by atoms with Crippen molar-refractivity contribution in [3.05, 3.63) is 29.3 Å². The molecule has 0 heterocycles. The summed E-state index contributed by atoms with van der Waals surface area (Å²) in [7, 11) is 0. The number of carbonyl (C=O) groups excluding carboxylic acids is 1. The van der Waals surface area contributed by atoms with Crippen LogP contribution in [0.2, 0.25) is 0 Å². The normalized spacial score (nSPS) is 29.9. The Morgan fingerprint density at radius 2 is 1.78 bits per heavy atom. The molecular weight excluding hydrogens is 286 g/mol. The highest BCUT2D eigenvalue weighted by atomic mass is 16.2. The van der Waals surface area contributed by atoms with Crippen LogP contribution < -0.4 is 16.4 Å². The standard InChI is InChI=1S/C19H29N3O/c1-12-5-3-6-13(2)18(12)21-11-17(23)22-19-14-7-4-8-15(19)10-16(20)9-14/h3,5-6,14-16,19,21H,4,7-11,20H2,1-2H3,(H,22,23). The van der Waals surface area contributed by atoms with Crippen molar-refractivity contribution in [2.75, 3.05) is 11.9 Å². The topological polar surface area (TPSA) is 67.2 Å². The summed E-state index contributed by atoms with van der Waals surface area (Å²) >= 11 is 0. The van der Waals surface area contributed by atoms with Gasteiger partial charge in [-0.05, 0) is 62.5 Å². The molecule has 0 aliphatic heterocycles. The van der Waals surface area contributed by atoms with Crippen molar-refractivity contribution in [1.82, 2.24) is 5.32 Å². The average Bonchev–Trinajstić information content (AvgIpc) is 2.47. The van der Waals surface area contributed by atoms with Gasteiger partial charge in [-0.25, -0.2) is 0 Å². The number of benzene rings is 1. The number of fused-ring (bicyclic) bond motifs is 2. The highest BCUT2D eigenvalue weighted by molar-refractivity contribution is 5.81. The molecule has 2 atom stereocenters. The van der Waals surface area contributed by atoms with Crippen LogP contribution in [-0.2, 0) is 4.79 Å². The number of para-hydroxylation sites is 1. The molecule has 2 bridgehead atoms. The zero-order valence-electron chi connectivity index (χ0n) is 14.3. The van der Waals surface area contributed by atoms with E-state index in [9.17, 15) is 4.79 Å². The molecule has 4 nitrogen and oxygen atoms in total. The van der Waals surface area contributed by atoms with E-state index in [0.717, 1.165) is 18.5 Å². The Morgan fingerprint density at radius 3 is 2.39 bits per heavy atom. The molecule has 2 fully saturated rings. The van der Waals surface area contributed by atoms with Gasteiger partial charge in [0.1, 0.15) is 0 Å². The van der Waals surface area contributed by atoms with Crippen molar-refractivity contribution < 1.29 is 4.79 Å². The summed E-state index contributed by atoms with van der Waals surface area (Å²) in [5, 5.41) is 6.60. The third-order valence-corrected chi connectivity index (χ3v) is 5.61. The van der Waals surface area contributed by atoms with Gasteiger partial charge in [0.15, 0.2) is 0 Å². The average molecular weight is 315 g/mol. The molecule has 2 saturated carbocycles. The van der Waals surface area contributed by atoms with Crippen molar-refractivity contribution in [1.29, 1.82) is 0 Å². The maximum Gasteiger partial charge on any atom is 0.239 e. The third kappa shape index (κ3) is 3.69. The molecule has 2 aliphatic carbocycles. The molecule has 0 aromatic heterocycles. The lowest BCUT2D eigenvalue weighted by Gasteiger charge is -2.45. The molecule has 1 aromatic rings. The summed E-state index contributed by atoms with van der Waals surface area (Å²) in [5.74, 6) is 1.24. The Balaban J connectivity index is 1.57. The Kier molecular flexibility index (Phi) is 4.90. The summed E-state index contributed by atoms with van der Waals surface area (Å²) in [6.07, 6.45) is 5.82. The maximum absolute atomic E-state index is 12.4. The number of nitrogens with two attached hydrogens (primary N) is 1. The second-order valence-corrected chi connectivity index (χ2v) is 7.40. The largest absolute Gasteiger partial charge is 0.376 e. The van der Waals surface area contributed by atoms with Gasteiger partial charge in [-0.2, -0.15) is 0 Å². The van der Waals surface area contributed by atoms with Crippen LogP contribution in [0.5, 0.6) is 0 Å². The molecule has 0 radical (unpaired) electrons. The number of rotatable bonds is 4. The van der Waals surface area contributed by atoms with E-state index >= 15 is 0 Å². The quantitative estimate of drug-likeness (QED) is 0.800. The number of carbonyl (C=O) groups is 1. The summed E-state index contributed by atoms with van der Waals surface area (Å²) in [6.45, 7) is 4.48. The molecule has 2 unspecified atom stereocenters. The number of nitrogens with one attached hydrogen (secondary N) is 2. The van der Waals surface area contributed by atoms with Gasteiger partial charge in [0.25, 0.3) is 0 Å². The summed E-state index contributed by atoms with van der Waals surface area (Å²) in [6, 6.07) is 6.84. The van der Waals surface area contributed by atoms with Crippen LogP contribution in [0.25, 0.3) is 0 Å². The van der Waals surface area contributed by atoms with E-state index in [-0.39, 0.29) is 5.91 Å². The monoisotopic (exact) mass is 315 g/mol. The van der Waals surface area contributed by atoms with Gasteiger partial charge in [0.05, 0.1) is 6.54 Å². The predicted molar refractivity (Wildman–Crippen MR) is 94.4 cm³/mol. The first-order chi connectivity index (χ1) is 11.0. The Hall–Kier alpha value is -1.55. The first kappa shape index (κ1) is 16.3. The van der Waals surface area contributed by atoms with E-state index in [1.807, 2.05) is 6.07 Å². The Morgan fingerprint density at radius 1 is 1.17 bits per heavy atom.